The maximum Gasteiger partial charge on any atom is 0.188 e. The topological polar surface area (TPSA) is 91.4 Å². The molecule has 156 valence electrons. The summed E-state index contributed by atoms with van der Waals surface area (Å²) in [6.45, 7) is 1.03. The lowest BCUT2D eigenvalue weighted by Crippen LogP contribution is -2.06. The summed E-state index contributed by atoms with van der Waals surface area (Å²) in [5.74, 6) is 3.59. The molecule has 0 radical (unpaired) electrons. The van der Waals surface area contributed by atoms with Gasteiger partial charge in [0.05, 0.1) is 11.4 Å². The Hall–Kier alpha value is -4.07. The van der Waals surface area contributed by atoms with Crippen molar-refractivity contribution in [3.05, 3.63) is 89.8 Å². The van der Waals surface area contributed by atoms with Crippen molar-refractivity contribution >= 4 is 0 Å². The summed E-state index contributed by atoms with van der Waals surface area (Å²) in [5.41, 5.74) is 1.58. The van der Waals surface area contributed by atoms with E-state index in [0.29, 0.717) is 47.9 Å². The van der Waals surface area contributed by atoms with Crippen LogP contribution in [0.15, 0.2) is 66.7 Å². The lowest BCUT2D eigenvalue weighted by molar-refractivity contribution is 0.242. The standard InChI is InChI=1S/C23H20N4O4/c1-3-10-20-18(8-1)28-12-16-6-5-7-17(24-16)13-29-19-9-2-4-11-21(19)31-15-23-25-22(14-30-20)26-27-23/h1-11H,12-15H2,(H,25,26,27). The minimum atomic E-state index is 0.199. The summed E-state index contributed by atoms with van der Waals surface area (Å²) in [4.78, 5) is 9.07. The van der Waals surface area contributed by atoms with Crippen LogP contribution in [0.4, 0.5) is 0 Å². The van der Waals surface area contributed by atoms with Gasteiger partial charge in [0.25, 0.3) is 0 Å². The highest BCUT2D eigenvalue weighted by Crippen LogP contribution is 2.29. The molecule has 8 nitrogen and oxygen atoms in total. The summed E-state index contributed by atoms with van der Waals surface area (Å²) < 4.78 is 23.7. The van der Waals surface area contributed by atoms with Crippen molar-refractivity contribution in [1.82, 2.24) is 20.2 Å². The third-order valence-corrected chi connectivity index (χ3v) is 4.61. The van der Waals surface area contributed by atoms with E-state index in [0.717, 1.165) is 11.4 Å². The zero-order chi connectivity index (χ0) is 20.9. The first kappa shape index (κ1) is 18.9. The van der Waals surface area contributed by atoms with E-state index in [-0.39, 0.29) is 13.2 Å². The first-order chi connectivity index (χ1) is 15.3. The van der Waals surface area contributed by atoms with E-state index in [1.807, 2.05) is 66.7 Å². The number of fused-ring (bicyclic) bond motifs is 6. The highest BCUT2D eigenvalue weighted by atomic mass is 16.5. The second kappa shape index (κ2) is 8.74. The number of nitrogens with one attached hydrogen (secondary N) is 1. The van der Waals surface area contributed by atoms with Gasteiger partial charge in [0.1, 0.15) is 26.4 Å². The molecule has 4 aromatic rings. The number of ether oxygens (including phenoxy) is 4. The fourth-order valence-corrected chi connectivity index (χ4v) is 3.12. The molecule has 1 aliphatic rings. The van der Waals surface area contributed by atoms with Crippen molar-refractivity contribution in [2.24, 2.45) is 0 Å². The molecule has 1 aliphatic heterocycles. The van der Waals surface area contributed by atoms with Gasteiger partial charge in [-0.25, -0.2) is 4.98 Å². The molecule has 0 aliphatic carbocycles. The van der Waals surface area contributed by atoms with Crippen LogP contribution >= 0.6 is 0 Å². The monoisotopic (exact) mass is 416 g/mol. The Balaban J connectivity index is 1.44. The Morgan fingerprint density at radius 2 is 1.06 bits per heavy atom. The molecule has 2 aromatic heterocycles. The molecular weight excluding hydrogens is 396 g/mol. The van der Waals surface area contributed by atoms with Gasteiger partial charge in [-0.05, 0) is 36.4 Å². The molecule has 0 spiro atoms. The van der Waals surface area contributed by atoms with E-state index in [9.17, 15) is 0 Å². The van der Waals surface area contributed by atoms with Gasteiger partial charge in [0.2, 0.25) is 0 Å². The molecule has 3 heterocycles. The molecule has 0 saturated carbocycles. The predicted molar refractivity (Wildman–Crippen MR) is 111 cm³/mol. The Labute approximate surface area is 178 Å². The van der Waals surface area contributed by atoms with Crippen molar-refractivity contribution in [1.29, 1.82) is 0 Å². The molecule has 8 heteroatoms. The number of H-pyrrole nitrogens is 1. The van der Waals surface area contributed by atoms with E-state index < -0.39 is 0 Å². The van der Waals surface area contributed by atoms with Crippen LogP contribution in [0.1, 0.15) is 23.0 Å². The summed E-state index contributed by atoms with van der Waals surface area (Å²) in [6.07, 6.45) is 0. The number of hydrogen-bond donors (Lipinski definition) is 1. The largest absolute Gasteiger partial charge is 0.483 e. The van der Waals surface area contributed by atoms with Gasteiger partial charge < -0.3 is 18.9 Å². The average molecular weight is 416 g/mol. The number of hydrogen-bond acceptors (Lipinski definition) is 7. The van der Waals surface area contributed by atoms with Crippen molar-refractivity contribution < 1.29 is 18.9 Å². The van der Waals surface area contributed by atoms with E-state index in [2.05, 4.69) is 20.2 Å². The first-order valence-corrected chi connectivity index (χ1v) is 9.88. The lowest BCUT2D eigenvalue weighted by Gasteiger charge is -2.13. The Morgan fingerprint density at radius 3 is 1.65 bits per heavy atom. The zero-order valence-corrected chi connectivity index (χ0v) is 16.7. The van der Waals surface area contributed by atoms with E-state index >= 15 is 0 Å². The minimum Gasteiger partial charge on any atom is -0.483 e. The van der Waals surface area contributed by atoms with Gasteiger partial charge in [-0.2, -0.15) is 5.10 Å². The van der Waals surface area contributed by atoms with Crippen LogP contribution in [0.25, 0.3) is 0 Å². The molecule has 4 bridgehead atoms. The lowest BCUT2D eigenvalue weighted by atomic mass is 10.3. The summed E-state index contributed by atoms with van der Waals surface area (Å²) in [6, 6.07) is 20.7. The zero-order valence-electron chi connectivity index (χ0n) is 16.7. The van der Waals surface area contributed by atoms with Crippen LogP contribution in [0, 0.1) is 0 Å². The molecule has 0 amide bonds. The highest BCUT2D eigenvalue weighted by Gasteiger charge is 2.12. The minimum absolute atomic E-state index is 0.199. The van der Waals surface area contributed by atoms with Crippen molar-refractivity contribution in [3.8, 4) is 23.0 Å². The number of para-hydroxylation sites is 4. The smallest absolute Gasteiger partial charge is 0.188 e. The quantitative estimate of drug-likeness (QED) is 0.466. The van der Waals surface area contributed by atoms with Crippen LogP contribution in [-0.2, 0) is 26.4 Å². The Kier molecular flexibility index (Phi) is 5.34. The second-order valence-corrected chi connectivity index (χ2v) is 6.87. The Bertz CT molecular complexity index is 1090. The molecule has 0 atom stereocenters. The molecule has 0 saturated heterocycles. The molecule has 1 N–H and O–H groups in total. The third-order valence-electron chi connectivity index (χ3n) is 4.61. The maximum atomic E-state index is 5.97. The average Bonchev–Trinajstić information content (AvgIpc) is 3.27. The molecule has 2 aromatic carbocycles. The van der Waals surface area contributed by atoms with Gasteiger partial charge >= 0.3 is 0 Å². The van der Waals surface area contributed by atoms with Crippen molar-refractivity contribution in [2.45, 2.75) is 26.4 Å². The number of benzene rings is 2. The highest BCUT2D eigenvalue weighted by molar-refractivity contribution is 5.40. The van der Waals surface area contributed by atoms with Crippen LogP contribution in [0.5, 0.6) is 23.0 Å². The van der Waals surface area contributed by atoms with Gasteiger partial charge in [0.15, 0.2) is 34.6 Å². The van der Waals surface area contributed by atoms with Crippen molar-refractivity contribution in [3.63, 3.8) is 0 Å². The normalized spacial score (nSPS) is 13.7. The van der Waals surface area contributed by atoms with Crippen molar-refractivity contribution in [2.75, 3.05) is 0 Å². The number of aromatic amines is 1. The number of pyridine rings is 1. The molecule has 5 rings (SSSR count). The summed E-state index contributed by atoms with van der Waals surface area (Å²) in [5, 5.41) is 7.08. The van der Waals surface area contributed by atoms with Gasteiger partial charge in [-0.3, -0.25) is 10.1 Å². The van der Waals surface area contributed by atoms with Crippen LogP contribution < -0.4 is 18.9 Å². The van der Waals surface area contributed by atoms with Crippen LogP contribution in [0.3, 0.4) is 0 Å². The molecule has 31 heavy (non-hydrogen) atoms. The molecule has 0 unspecified atom stereocenters. The third kappa shape index (κ3) is 4.58. The first-order valence-electron chi connectivity index (χ1n) is 9.88. The van der Waals surface area contributed by atoms with Gasteiger partial charge in [0, 0.05) is 0 Å². The van der Waals surface area contributed by atoms with E-state index in [1.165, 1.54) is 0 Å². The summed E-state index contributed by atoms with van der Waals surface area (Å²) in [7, 11) is 0. The van der Waals surface area contributed by atoms with E-state index in [1.54, 1.807) is 0 Å². The summed E-state index contributed by atoms with van der Waals surface area (Å²) >= 11 is 0. The van der Waals surface area contributed by atoms with Gasteiger partial charge in [-0.1, -0.05) is 30.3 Å². The number of rotatable bonds is 0. The Morgan fingerprint density at radius 1 is 0.548 bits per heavy atom. The maximum absolute atomic E-state index is 5.97. The van der Waals surface area contributed by atoms with Crippen LogP contribution in [0.2, 0.25) is 0 Å². The van der Waals surface area contributed by atoms with Gasteiger partial charge in [-0.15, -0.1) is 0 Å². The fraction of sp³-hybridized carbons (Fsp3) is 0.174. The SMILES string of the molecule is c1cc2nc(c1)COc1ccccc1OCc1nc(n[nH]1)COc1ccccc1OC2. The molecule has 0 fully saturated rings. The predicted octanol–water partition coefficient (Wildman–Crippen LogP) is 3.83. The number of aromatic nitrogens is 4. The fourth-order valence-electron chi connectivity index (χ4n) is 3.12. The molecular formula is C23H20N4O4. The van der Waals surface area contributed by atoms with Crippen LogP contribution in [-0.4, -0.2) is 20.2 Å². The van der Waals surface area contributed by atoms with E-state index in [4.69, 9.17) is 18.9 Å². The second-order valence-electron chi connectivity index (χ2n) is 6.87. The number of nitrogens with zero attached hydrogens (tertiary/aromatic N) is 3.